The highest BCUT2D eigenvalue weighted by Crippen LogP contribution is 2.25. The summed E-state index contributed by atoms with van der Waals surface area (Å²) in [5, 5.41) is 3.02. The van der Waals surface area contributed by atoms with Crippen LogP contribution in [0.4, 0.5) is 5.69 Å². The van der Waals surface area contributed by atoms with E-state index in [1.165, 1.54) is 11.3 Å². The lowest BCUT2D eigenvalue weighted by Crippen LogP contribution is -2.44. The van der Waals surface area contributed by atoms with Gasteiger partial charge in [-0.2, -0.15) is 0 Å². The smallest absolute Gasteiger partial charge is 0.217 e. The summed E-state index contributed by atoms with van der Waals surface area (Å²) in [5.41, 5.74) is 4.61. The second kappa shape index (κ2) is 6.82. The van der Waals surface area contributed by atoms with E-state index in [0.29, 0.717) is 6.04 Å². The van der Waals surface area contributed by atoms with Crippen molar-refractivity contribution in [1.29, 1.82) is 0 Å². The van der Waals surface area contributed by atoms with Crippen LogP contribution in [0.5, 0.6) is 0 Å². The molecule has 4 nitrogen and oxygen atoms in total. The van der Waals surface area contributed by atoms with Crippen LogP contribution in [0.15, 0.2) is 42.6 Å². The average Bonchev–Trinajstić information content (AvgIpc) is 2.56. The number of rotatable bonds is 3. The summed E-state index contributed by atoms with van der Waals surface area (Å²) in [5.74, 6) is 0.0639. The molecule has 0 saturated carbocycles. The van der Waals surface area contributed by atoms with Gasteiger partial charge in [-0.3, -0.25) is 9.78 Å². The van der Waals surface area contributed by atoms with E-state index in [1.54, 1.807) is 6.92 Å². The minimum Gasteiger partial charge on any atom is -0.371 e. The highest BCUT2D eigenvalue weighted by atomic mass is 16.1. The maximum Gasteiger partial charge on any atom is 0.217 e. The molecule has 2 heterocycles. The largest absolute Gasteiger partial charge is 0.371 e. The van der Waals surface area contributed by atoms with Crippen molar-refractivity contribution in [2.24, 2.45) is 0 Å². The topological polar surface area (TPSA) is 45.2 Å². The number of aryl methyl sites for hydroxylation is 1. The fraction of sp³-hybridized carbons (Fsp3) is 0.368. The van der Waals surface area contributed by atoms with Gasteiger partial charge in [0.05, 0.1) is 5.69 Å². The number of carbonyl (C=O) groups excluding carboxylic acids is 1. The van der Waals surface area contributed by atoms with Gasteiger partial charge in [-0.15, -0.1) is 0 Å². The Bertz CT molecular complexity index is 673. The number of piperidine rings is 1. The molecule has 1 amide bonds. The van der Waals surface area contributed by atoms with Crippen LogP contribution in [0.25, 0.3) is 11.3 Å². The first-order valence-electron chi connectivity index (χ1n) is 8.17. The van der Waals surface area contributed by atoms with Crippen LogP contribution >= 0.6 is 0 Å². The minimum absolute atomic E-state index is 0.0639. The predicted octanol–water partition coefficient (Wildman–Crippen LogP) is 3.16. The van der Waals surface area contributed by atoms with E-state index >= 15 is 0 Å². The number of nitrogens with zero attached hydrogens (tertiary/aromatic N) is 2. The van der Waals surface area contributed by atoms with Crippen LogP contribution in [0.1, 0.15) is 25.3 Å². The average molecular weight is 309 g/mol. The molecule has 0 radical (unpaired) electrons. The van der Waals surface area contributed by atoms with Crippen LogP contribution in [-0.2, 0) is 4.79 Å². The van der Waals surface area contributed by atoms with Crippen molar-refractivity contribution in [1.82, 2.24) is 10.3 Å². The van der Waals surface area contributed by atoms with E-state index in [-0.39, 0.29) is 5.91 Å². The Labute approximate surface area is 137 Å². The van der Waals surface area contributed by atoms with E-state index in [9.17, 15) is 4.79 Å². The highest BCUT2D eigenvalue weighted by Gasteiger charge is 2.20. The number of anilines is 1. The monoisotopic (exact) mass is 309 g/mol. The molecule has 0 bridgehead atoms. The number of hydrogen-bond acceptors (Lipinski definition) is 3. The number of aromatic nitrogens is 1. The second-order valence-electron chi connectivity index (χ2n) is 6.23. The summed E-state index contributed by atoms with van der Waals surface area (Å²) in [6, 6.07) is 13.0. The lowest BCUT2D eigenvalue weighted by Gasteiger charge is -2.33. The summed E-state index contributed by atoms with van der Waals surface area (Å²) in [7, 11) is 0. The lowest BCUT2D eigenvalue weighted by atomic mass is 10.0. The first-order chi connectivity index (χ1) is 11.1. The van der Waals surface area contributed by atoms with Crippen LogP contribution in [-0.4, -0.2) is 30.0 Å². The predicted molar refractivity (Wildman–Crippen MR) is 93.5 cm³/mol. The van der Waals surface area contributed by atoms with Crippen molar-refractivity contribution in [2.75, 3.05) is 18.0 Å². The SMILES string of the molecule is CC(=O)NC1CCN(c2ccnc(-c3ccc(C)cc3)c2)CC1. The van der Waals surface area contributed by atoms with Gasteiger partial charge in [-0.05, 0) is 31.9 Å². The molecule has 1 aliphatic heterocycles. The van der Waals surface area contributed by atoms with Crippen LogP contribution in [0, 0.1) is 6.92 Å². The minimum atomic E-state index is 0.0639. The first kappa shape index (κ1) is 15.5. The van der Waals surface area contributed by atoms with E-state index in [0.717, 1.165) is 37.2 Å². The van der Waals surface area contributed by atoms with Crippen molar-refractivity contribution in [3.63, 3.8) is 0 Å². The zero-order valence-electron chi connectivity index (χ0n) is 13.7. The molecule has 1 N–H and O–H groups in total. The van der Waals surface area contributed by atoms with Gasteiger partial charge >= 0.3 is 0 Å². The van der Waals surface area contributed by atoms with E-state index < -0.39 is 0 Å². The van der Waals surface area contributed by atoms with Crippen molar-refractivity contribution in [3.8, 4) is 11.3 Å². The number of hydrogen-bond donors (Lipinski definition) is 1. The van der Waals surface area contributed by atoms with Gasteiger partial charge in [-0.25, -0.2) is 0 Å². The Kier molecular flexibility index (Phi) is 4.60. The normalized spacial score (nSPS) is 15.5. The van der Waals surface area contributed by atoms with E-state index in [2.05, 4.69) is 58.5 Å². The number of benzene rings is 1. The van der Waals surface area contributed by atoms with Crippen molar-refractivity contribution in [3.05, 3.63) is 48.2 Å². The summed E-state index contributed by atoms with van der Waals surface area (Å²) < 4.78 is 0. The molecule has 2 aromatic rings. The molecule has 4 heteroatoms. The Morgan fingerprint density at radius 3 is 2.52 bits per heavy atom. The lowest BCUT2D eigenvalue weighted by molar-refractivity contribution is -0.119. The molecule has 1 aliphatic rings. The van der Waals surface area contributed by atoms with Crippen molar-refractivity contribution < 1.29 is 4.79 Å². The molecule has 1 aromatic heterocycles. The molecule has 0 unspecified atom stereocenters. The molecule has 120 valence electrons. The van der Waals surface area contributed by atoms with Gasteiger partial charge in [-0.1, -0.05) is 29.8 Å². The van der Waals surface area contributed by atoms with Gasteiger partial charge in [0.2, 0.25) is 5.91 Å². The fourth-order valence-corrected chi connectivity index (χ4v) is 3.07. The quantitative estimate of drug-likeness (QED) is 0.947. The highest BCUT2D eigenvalue weighted by molar-refractivity contribution is 5.73. The molecule has 3 rings (SSSR count). The van der Waals surface area contributed by atoms with E-state index in [1.807, 2.05) is 6.20 Å². The van der Waals surface area contributed by atoms with Crippen molar-refractivity contribution in [2.45, 2.75) is 32.7 Å². The number of amides is 1. The van der Waals surface area contributed by atoms with Gasteiger partial charge in [0.25, 0.3) is 0 Å². The molecular weight excluding hydrogens is 286 g/mol. The number of nitrogens with one attached hydrogen (secondary N) is 1. The Balaban J connectivity index is 1.71. The van der Waals surface area contributed by atoms with Crippen LogP contribution in [0.3, 0.4) is 0 Å². The third-order valence-corrected chi connectivity index (χ3v) is 4.36. The molecule has 1 fully saturated rings. The molecule has 0 aliphatic carbocycles. The summed E-state index contributed by atoms with van der Waals surface area (Å²) in [6.45, 7) is 5.60. The Hall–Kier alpha value is -2.36. The molecule has 1 aromatic carbocycles. The Morgan fingerprint density at radius 1 is 1.17 bits per heavy atom. The maximum absolute atomic E-state index is 11.2. The van der Waals surface area contributed by atoms with Crippen LogP contribution in [0.2, 0.25) is 0 Å². The van der Waals surface area contributed by atoms with Gasteiger partial charge in [0, 0.05) is 43.5 Å². The summed E-state index contributed by atoms with van der Waals surface area (Å²) in [4.78, 5) is 18.0. The first-order valence-corrected chi connectivity index (χ1v) is 8.17. The van der Waals surface area contributed by atoms with Crippen LogP contribution < -0.4 is 10.2 Å². The molecule has 0 atom stereocenters. The fourth-order valence-electron chi connectivity index (χ4n) is 3.07. The second-order valence-corrected chi connectivity index (χ2v) is 6.23. The number of pyridine rings is 1. The zero-order valence-corrected chi connectivity index (χ0v) is 13.7. The van der Waals surface area contributed by atoms with Gasteiger partial charge in [0.1, 0.15) is 0 Å². The Morgan fingerprint density at radius 2 is 1.87 bits per heavy atom. The molecule has 1 saturated heterocycles. The third kappa shape index (κ3) is 3.89. The van der Waals surface area contributed by atoms with Gasteiger partial charge in [0.15, 0.2) is 0 Å². The van der Waals surface area contributed by atoms with E-state index in [4.69, 9.17) is 0 Å². The van der Waals surface area contributed by atoms with Gasteiger partial charge < -0.3 is 10.2 Å². The third-order valence-electron chi connectivity index (χ3n) is 4.36. The summed E-state index contributed by atoms with van der Waals surface area (Å²) >= 11 is 0. The molecule has 0 spiro atoms. The molecule has 23 heavy (non-hydrogen) atoms. The maximum atomic E-state index is 11.2. The van der Waals surface area contributed by atoms with Crippen molar-refractivity contribution >= 4 is 11.6 Å². The standard InChI is InChI=1S/C19H23N3O/c1-14-3-5-16(6-4-14)19-13-18(7-10-20-19)22-11-8-17(9-12-22)21-15(2)23/h3-7,10,13,17H,8-9,11-12H2,1-2H3,(H,21,23). The zero-order chi connectivity index (χ0) is 16.2. The molecular formula is C19H23N3O. The number of carbonyl (C=O) groups is 1. The summed E-state index contributed by atoms with van der Waals surface area (Å²) in [6.07, 6.45) is 3.86.